The number of hydrogen-bond donors (Lipinski definition) is 1. The lowest BCUT2D eigenvalue weighted by molar-refractivity contribution is 1.29. The van der Waals surface area contributed by atoms with Crippen LogP contribution in [0.15, 0.2) is 71.1 Å². The molecule has 106 valence electrons. The first kappa shape index (κ1) is 15.2. The van der Waals surface area contributed by atoms with Crippen molar-refractivity contribution >= 4 is 35.1 Å². The number of nitrogens with one attached hydrogen (secondary N) is 1. The smallest absolute Gasteiger partial charge is 0.203 e. The summed E-state index contributed by atoms with van der Waals surface area (Å²) in [5, 5.41) is 7.00. The highest BCUT2D eigenvalue weighted by Crippen LogP contribution is 2.24. The van der Waals surface area contributed by atoms with E-state index in [1.165, 1.54) is 0 Å². The van der Waals surface area contributed by atoms with E-state index in [0.29, 0.717) is 0 Å². The molecule has 0 bridgehead atoms. The van der Waals surface area contributed by atoms with E-state index in [-0.39, 0.29) is 12.4 Å². The van der Waals surface area contributed by atoms with E-state index in [0.717, 1.165) is 22.0 Å². The first-order valence-corrected chi connectivity index (χ1v) is 7.15. The van der Waals surface area contributed by atoms with Crippen molar-refractivity contribution in [3.8, 4) is 11.3 Å². The third-order valence-corrected chi connectivity index (χ3v) is 3.49. The Bertz CT molecular complexity index is 696. The van der Waals surface area contributed by atoms with Gasteiger partial charge in [0.2, 0.25) is 5.13 Å². The van der Waals surface area contributed by atoms with Crippen molar-refractivity contribution < 1.29 is 0 Å². The van der Waals surface area contributed by atoms with E-state index in [1.807, 2.05) is 66.0 Å². The van der Waals surface area contributed by atoms with E-state index >= 15 is 0 Å². The summed E-state index contributed by atoms with van der Waals surface area (Å²) in [6.45, 7) is 0. The molecule has 0 amide bonds. The molecule has 3 aromatic rings. The van der Waals surface area contributed by atoms with Crippen LogP contribution in [0.5, 0.6) is 0 Å². The second kappa shape index (κ2) is 7.57. The largest absolute Gasteiger partial charge is 0.253 e. The van der Waals surface area contributed by atoms with Gasteiger partial charge in [-0.25, -0.2) is 4.98 Å². The number of nitrogens with zero attached hydrogens (tertiary/aromatic N) is 2. The summed E-state index contributed by atoms with van der Waals surface area (Å²) >= 11 is 1.54. The Morgan fingerprint density at radius 3 is 2.33 bits per heavy atom. The zero-order chi connectivity index (χ0) is 13.6. The predicted molar refractivity (Wildman–Crippen MR) is 92.5 cm³/mol. The third kappa shape index (κ3) is 4.15. The van der Waals surface area contributed by atoms with Gasteiger partial charge >= 0.3 is 0 Å². The van der Waals surface area contributed by atoms with Gasteiger partial charge in [-0.2, -0.15) is 5.10 Å². The number of benzene rings is 2. The number of aromatic nitrogens is 1. The first-order valence-electron chi connectivity index (χ1n) is 6.27. The fourth-order valence-corrected chi connectivity index (χ4v) is 2.44. The van der Waals surface area contributed by atoms with Crippen LogP contribution in [0.25, 0.3) is 11.3 Å². The number of anilines is 1. The Kier molecular flexibility index (Phi) is 5.49. The fourth-order valence-electron chi connectivity index (χ4n) is 1.77. The second-order valence-electron chi connectivity index (χ2n) is 4.18. The Balaban J connectivity index is 0.00000161. The Labute approximate surface area is 133 Å². The minimum absolute atomic E-state index is 0. The SMILES string of the molecule is C(=N\Nc1nc(-c2ccccc2)cs1)/c1ccccc1.Cl. The number of rotatable bonds is 4. The summed E-state index contributed by atoms with van der Waals surface area (Å²) in [7, 11) is 0. The van der Waals surface area contributed by atoms with Crippen LogP contribution < -0.4 is 5.43 Å². The average molecular weight is 316 g/mol. The maximum absolute atomic E-state index is 4.51. The highest BCUT2D eigenvalue weighted by atomic mass is 35.5. The number of hydrazone groups is 1. The molecule has 5 heteroatoms. The van der Waals surface area contributed by atoms with Gasteiger partial charge in [-0.05, 0) is 5.56 Å². The second-order valence-corrected chi connectivity index (χ2v) is 5.04. The summed E-state index contributed by atoms with van der Waals surface area (Å²) in [4.78, 5) is 4.51. The molecule has 0 aliphatic carbocycles. The zero-order valence-corrected chi connectivity index (χ0v) is 12.8. The maximum atomic E-state index is 4.51. The predicted octanol–water partition coefficient (Wildman–Crippen LogP) is 4.68. The average Bonchev–Trinajstić information content (AvgIpc) is 2.98. The van der Waals surface area contributed by atoms with Crippen molar-refractivity contribution in [2.24, 2.45) is 5.10 Å². The van der Waals surface area contributed by atoms with E-state index < -0.39 is 0 Å². The molecule has 0 aliphatic heterocycles. The van der Waals surface area contributed by atoms with Crippen LogP contribution in [0.4, 0.5) is 5.13 Å². The van der Waals surface area contributed by atoms with Gasteiger partial charge in [0.15, 0.2) is 0 Å². The van der Waals surface area contributed by atoms with Crippen LogP contribution >= 0.6 is 23.7 Å². The molecule has 2 aromatic carbocycles. The fraction of sp³-hybridized carbons (Fsp3) is 0. The van der Waals surface area contributed by atoms with Gasteiger partial charge in [-0.15, -0.1) is 23.7 Å². The van der Waals surface area contributed by atoms with Gasteiger partial charge in [0.25, 0.3) is 0 Å². The van der Waals surface area contributed by atoms with Gasteiger partial charge in [0, 0.05) is 10.9 Å². The van der Waals surface area contributed by atoms with Crippen molar-refractivity contribution in [1.29, 1.82) is 0 Å². The molecular weight excluding hydrogens is 302 g/mol. The van der Waals surface area contributed by atoms with Gasteiger partial charge in [0.05, 0.1) is 11.9 Å². The summed E-state index contributed by atoms with van der Waals surface area (Å²) in [6.07, 6.45) is 1.78. The Hall–Kier alpha value is -2.17. The summed E-state index contributed by atoms with van der Waals surface area (Å²) < 4.78 is 0. The molecule has 0 aliphatic rings. The molecular formula is C16H14ClN3S. The summed E-state index contributed by atoms with van der Waals surface area (Å²) in [6, 6.07) is 20.1. The van der Waals surface area contributed by atoms with Crippen molar-refractivity contribution in [2.45, 2.75) is 0 Å². The lowest BCUT2D eigenvalue weighted by Crippen LogP contribution is -1.89. The minimum atomic E-state index is 0. The zero-order valence-electron chi connectivity index (χ0n) is 11.1. The van der Waals surface area contributed by atoms with Crippen molar-refractivity contribution in [2.75, 3.05) is 5.43 Å². The van der Waals surface area contributed by atoms with E-state index in [4.69, 9.17) is 0 Å². The van der Waals surface area contributed by atoms with Crippen LogP contribution in [0.1, 0.15) is 5.56 Å². The topological polar surface area (TPSA) is 37.3 Å². The molecule has 1 heterocycles. The quantitative estimate of drug-likeness (QED) is 0.561. The minimum Gasteiger partial charge on any atom is -0.253 e. The van der Waals surface area contributed by atoms with Gasteiger partial charge in [0.1, 0.15) is 0 Å². The van der Waals surface area contributed by atoms with Crippen LogP contribution in [0, 0.1) is 0 Å². The van der Waals surface area contributed by atoms with Gasteiger partial charge < -0.3 is 0 Å². The van der Waals surface area contributed by atoms with Crippen molar-refractivity contribution in [1.82, 2.24) is 4.98 Å². The van der Waals surface area contributed by atoms with Gasteiger partial charge in [-0.1, -0.05) is 60.7 Å². The molecule has 0 saturated carbocycles. The van der Waals surface area contributed by atoms with Crippen LogP contribution in [0.3, 0.4) is 0 Å². The molecule has 0 radical (unpaired) electrons. The van der Waals surface area contributed by atoms with E-state index in [9.17, 15) is 0 Å². The lowest BCUT2D eigenvalue weighted by Gasteiger charge is -1.95. The Morgan fingerprint density at radius 1 is 0.952 bits per heavy atom. The normalized spacial score (nSPS) is 10.3. The highest BCUT2D eigenvalue weighted by Gasteiger charge is 2.02. The molecule has 21 heavy (non-hydrogen) atoms. The standard InChI is InChI=1S/C16H13N3S.ClH/c1-3-7-13(8-4-1)11-17-19-16-18-15(12-20-16)14-9-5-2-6-10-14;/h1-12H,(H,18,19);1H/b17-11+;. The number of hydrogen-bond acceptors (Lipinski definition) is 4. The number of halogens is 1. The van der Waals surface area contributed by atoms with Gasteiger partial charge in [-0.3, -0.25) is 5.43 Å². The third-order valence-electron chi connectivity index (χ3n) is 2.75. The van der Waals surface area contributed by atoms with E-state index in [1.54, 1.807) is 17.6 Å². The monoisotopic (exact) mass is 315 g/mol. The molecule has 0 unspecified atom stereocenters. The summed E-state index contributed by atoms with van der Waals surface area (Å²) in [5.74, 6) is 0. The lowest BCUT2D eigenvalue weighted by atomic mass is 10.2. The van der Waals surface area contributed by atoms with Crippen molar-refractivity contribution in [3.63, 3.8) is 0 Å². The van der Waals surface area contributed by atoms with Crippen LogP contribution in [0.2, 0.25) is 0 Å². The molecule has 0 spiro atoms. The molecule has 3 nitrogen and oxygen atoms in total. The summed E-state index contributed by atoms with van der Waals surface area (Å²) in [5.41, 5.74) is 6.10. The molecule has 1 aromatic heterocycles. The molecule has 0 fully saturated rings. The number of thiazole rings is 1. The van der Waals surface area contributed by atoms with E-state index in [2.05, 4.69) is 15.5 Å². The van der Waals surface area contributed by atoms with Crippen molar-refractivity contribution in [3.05, 3.63) is 71.6 Å². The Morgan fingerprint density at radius 2 is 1.62 bits per heavy atom. The molecule has 1 N–H and O–H groups in total. The highest BCUT2D eigenvalue weighted by molar-refractivity contribution is 7.14. The van der Waals surface area contributed by atoms with Crippen LogP contribution in [-0.4, -0.2) is 11.2 Å². The first-order chi connectivity index (χ1) is 9.92. The molecule has 0 saturated heterocycles. The molecule has 3 rings (SSSR count). The maximum Gasteiger partial charge on any atom is 0.203 e. The molecule has 0 atom stereocenters. The van der Waals surface area contributed by atoms with Crippen LogP contribution in [-0.2, 0) is 0 Å².